The summed E-state index contributed by atoms with van der Waals surface area (Å²) in [5.41, 5.74) is 3.53. The van der Waals surface area contributed by atoms with E-state index < -0.39 is 42.2 Å². The van der Waals surface area contributed by atoms with Gasteiger partial charge < -0.3 is 21.5 Å². The summed E-state index contributed by atoms with van der Waals surface area (Å²) in [6.07, 6.45) is -3.27. The van der Waals surface area contributed by atoms with Crippen molar-refractivity contribution >= 4 is 29.0 Å². The highest BCUT2D eigenvalue weighted by Crippen LogP contribution is 2.35. The maximum absolute atomic E-state index is 13.2. The molecule has 3 aromatic rings. The number of aliphatic carboxylic acids is 1. The number of amides is 1. The van der Waals surface area contributed by atoms with Crippen molar-refractivity contribution < 1.29 is 49.8 Å². The number of aromatic nitrogens is 5. The van der Waals surface area contributed by atoms with Crippen LogP contribution in [0.3, 0.4) is 0 Å². The summed E-state index contributed by atoms with van der Waals surface area (Å²) >= 11 is 0. The largest absolute Gasteiger partial charge is 0.490 e. The molecule has 5 N–H and O–H groups in total. The Bertz CT molecular complexity index is 1320. The average Bonchev–Trinajstić information content (AvgIpc) is 3.45. The lowest BCUT2D eigenvalue weighted by Crippen LogP contribution is -2.42. The van der Waals surface area contributed by atoms with Gasteiger partial charge in [0.2, 0.25) is 0 Å². The SMILES string of the molecule is N[C@H]1CCCC[C@H]1Nc1ccn2ncc(C(=O)Nc3cn(C(F)F)nc3C(F)(F)F)c2n1.O=C(O)C(F)(F)F. The van der Waals surface area contributed by atoms with E-state index in [2.05, 4.69) is 20.5 Å². The normalized spacial score (nSPS) is 18.0. The maximum atomic E-state index is 13.2. The molecular weight excluding hydrogens is 552 g/mol. The average molecular weight is 572 g/mol. The smallest absolute Gasteiger partial charge is 0.475 e. The Kier molecular flexibility index (Phi) is 8.61. The lowest BCUT2D eigenvalue weighted by atomic mass is 9.91. The second-order valence-electron chi connectivity index (χ2n) is 8.24. The number of fused-ring (bicyclic) bond motifs is 1. The summed E-state index contributed by atoms with van der Waals surface area (Å²) < 4.78 is 97.9. The number of halogens is 8. The first-order chi connectivity index (χ1) is 18.1. The molecule has 3 heterocycles. The molecule has 0 radical (unpaired) electrons. The highest BCUT2D eigenvalue weighted by molar-refractivity contribution is 6.08. The Balaban J connectivity index is 0.000000532. The molecule has 1 aliphatic rings. The van der Waals surface area contributed by atoms with Crippen LogP contribution in [0, 0.1) is 0 Å². The van der Waals surface area contributed by atoms with Crippen LogP contribution in [0.4, 0.5) is 46.6 Å². The van der Waals surface area contributed by atoms with Crippen LogP contribution in [0.1, 0.15) is 48.3 Å². The number of hydrogen-bond acceptors (Lipinski definition) is 7. The number of nitrogens with one attached hydrogen (secondary N) is 2. The number of anilines is 2. The Labute approximate surface area is 213 Å². The zero-order valence-corrected chi connectivity index (χ0v) is 19.5. The topological polar surface area (TPSA) is 152 Å². The van der Waals surface area contributed by atoms with Crippen molar-refractivity contribution in [3.8, 4) is 0 Å². The van der Waals surface area contributed by atoms with E-state index in [1.165, 1.54) is 10.7 Å². The second kappa shape index (κ2) is 11.4. The number of carbonyl (C=O) groups excluding carboxylic acids is 1. The molecule has 0 unspecified atom stereocenters. The molecule has 19 heteroatoms. The van der Waals surface area contributed by atoms with Crippen molar-refractivity contribution in [2.75, 3.05) is 10.6 Å². The molecule has 1 amide bonds. The molecule has 0 aromatic carbocycles. The van der Waals surface area contributed by atoms with Gasteiger partial charge in [0.1, 0.15) is 11.4 Å². The maximum Gasteiger partial charge on any atom is 0.490 e. The van der Waals surface area contributed by atoms with Crippen molar-refractivity contribution in [1.82, 2.24) is 24.4 Å². The third kappa shape index (κ3) is 7.30. The predicted molar refractivity (Wildman–Crippen MR) is 117 cm³/mol. The monoisotopic (exact) mass is 572 g/mol. The molecule has 1 saturated carbocycles. The van der Waals surface area contributed by atoms with Crippen molar-refractivity contribution in [1.29, 1.82) is 0 Å². The van der Waals surface area contributed by atoms with Crippen molar-refractivity contribution in [3.05, 3.63) is 35.9 Å². The number of carboxylic acid groups (broad SMARTS) is 1. The van der Waals surface area contributed by atoms with Gasteiger partial charge in [0.15, 0.2) is 11.3 Å². The number of nitrogens with zero attached hydrogens (tertiary/aromatic N) is 5. The van der Waals surface area contributed by atoms with Gasteiger partial charge in [0.25, 0.3) is 5.91 Å². The Morgan fingerprint density at radius 2 is 1.77 bits per heavy atom. The van der Waals surface area contributed by atoms with Gasteiger partial charge in [-0.3, -0.25) is 4.79 Å². The van der Waals surface area contributed by atoms with Crippen LogP contribution in [-0.4, -0.2) is 59.6 Å². The number of rotatable bonds is 5. The summed E-state index contributed by atoms with van der Waals surface area (Å²) in [4.78, 5) is 25.9. The lowest BCUT2D eigenvalue weighted by Gasteiger charge is -2.29. The van der Waals surface area contributed by atoms with E-state index in [-0.39, 0.29) is 28.0 Å². The minimum absolute atomic E-state index is 0.00609. The van der Waals surface area contributed by atoms with E-state index in [0.29, 0.717) is 12.0 Å². The summed E-state index contributed by atoms with van der Waals surface area (Å²) in [5, 5.41) is 19.1. The van der Waals surface area contributed by atoms with E-state index >= 15 is 0 Å². The van der Waals surface area contributed by atoms with Crippen LogP contribution in [-0.2, 0) is 11.0 Å². The van der Waals surface area contributed by atoms with Crippen LogP contribution in [0.5, 0.6) is 0 Å². The number of alkyl halides is 8. The fourth-order valence-corrected chi connectivity index (χ4v) is 3.62. The summed E-state index contributed by atoms with van der Waals surface area (Å²) in [7, 11) is 0. The number of hydrogen-bond donors (Lipinski definition) is 4. The number of nitrogens with two attached hydrogens (primary N) is 1. The van der Waals surface area contributed by atoms with Gasteiger partial charge in [0, 0.05) is 18.3 Å². The van der Waals surface area contributed by atoms with Crippen LogP contribution < -0.4 is 16.4 Å². The van der Waals surface area contributed by atoms with Crippen molar-refractivity contribution in [2.24, 2.45) is 5.73 Å². The first-order valence-corrected chi connectivity index (χ1v) is 11.0. The molecule has 4 rings (SSSR count). The predicted octanol–water partition coefficient (Wildman–Crippen LogP) is 3.91. The van der Waals surface area contributed by atoms with Gasteiger partial charge in [-0.1, -0.05) is 12.8 Å². The van der Waals surface area contributed by atoms with Crippen LogP contribution in [0.15, 0.2) is 24.7 Å². The van der Waals surface area contributed by atoms with Gasteiger partial charge >= 0.3 is 24.9 Å². The molecule has 0 aliphatic heterocycles. The number of carbonyl (C=O) groups is 2. The molecule has 0 bridgehead atoms. The molecule has 1 fully saturated rings. The molecule has 0 spiro atoms. The summed E-state index contributed by atoms with van der Waals surface area (Å²) in [6, 6.07) is 1.58. The minimum atomic E-state index is -5.08. The van der Waals surface area contributed by atoms with Gasteiger partial charge in [0.05, 0.1) is 18.1 Å². The van der Waals surface area contributed by atoms with E-state index in [0.717, 1.165) is 31.9 Å². The molecule has 2 atom stereocenters. The lowest BCUT2D eigenvalue weighted by molar-refractivity contribution is -0.192. The molecule has 214 valence electrons. The van der Waals surface area contributed by atoms with Gasteiger partial charge in [-0.25, -0.2) is 19.0 Å². The van der Waals surface area contributed by atoms with Gasteiger partial charge in [-0.15, -0.1) is 0 Å². The zero-order chi connectivity index (χ0) is 29.1. The highest BCUT2D eigenvalue weighted by Gasteiger charge is 2.39. The van der Waals surface area contributed by atoms with Crippen molar-refractivity contribution in [3.63, 3.8) is 0 Å². The first-order valence-electron chi connectivity index (χ1n) is 11.0. The Morgan fingerprint density at radius 1 is 1.13 bits per heavy atom. The molecule has 3 aromatic heterocycles. The van der Waals surface area contributed by atoms with E-state index in [9.17, 15) is 39.9 Å². The molecule has 11 nitrogen and oxygen atoms in total. The molecule has 0 saturated heterocycles. The quantitative estimate of drug-likeness (QED) is 0.336. The molecule has 39 heavy (non-hydrogen) atoms. The zero-order valence-electron chi connectivity index (χ0n) is 19.5. The highest BCUT2D eigenvalue weighted by atomic mass is 19.4. The van der Waals surface area contributed by atoms with Crippen molar-refractivity contribution in [2.45, 2.75) is 56.7 Å². The minimum Gasteiger partial charge on any atom is -0.475 e. The van der Waals surface area contributed by atoms with Crippen LogP contribution in [0.2, 0.25) is 0 Å². The standard InChI is InChI=1S/C18H19F5N8O.C2HF3O2/c19-17(20)31-8-12(14(29-31)18(21,22)23)27-16(32)9-7-25-30-6-5-13(28-15(9)30)26-11-4-2-1-3-10(11)24;3-2(4,5)1(6)7/h5-8,10-11,17H,1-4,24H2,(H,26,28)(H,27,32);(H,6,7)/t10-,11+;/m0./s1. The van der Waals surface area contributed by atoms with E-state index in [1.54, 1.807) is 6.07 Å². The van der Waals surface area contributed by atoms with E-state index in [1.807, 2.05) is 5.32 Å². The third-order valence-electron chi connectivity index (χ3n) is 5.46. The number of carboxylic acids is 1. The fraction of sp³-hybridized carbons (Fsp3) is 0.450. The summed E-state index contributed by atoms with van der Waals surface area (Å²) in [5.74, 6) is -3.33. The second-order valence-corrected chi connectivity index (χ2v) is 8.24. The Morgan fingerprint density at radius 3 is 2.33 bits per heavy atom. The van der Waals surface area contributed by atoms with E-state index in [4.69, 9.17) is 15.6 Å². The fourth-order valence-electron chi connectivity index (χ4n) is 3.62. The van der Waals surface area contributed by atoms with Crippen LogP contribution >= 0.6 is 0 Å². The Hall–Kier alpha value is -4.03. The van der Waals surface area contributed by atoms with Crippen LogP contribution in [0.25, 0.3) is 5.65 Å². The van der Waals surface area contributed by atoms with Gasteiger partial charge in [-0.2, -0.15) is 45.3 Å². The molecular formula is C20H20F8N8O3. The summed E-state index contributed by atoms with van der Waals surface area (Å²) in [6.45, 7) is -3.31. The molecule has 1 aliphatic carbocycles. The third-order valence-corrected chi connectivity index (χ3v) is 5.46. The first kappa shape index (κ1) is 29.5. The van der Waals surface area contributed by atoms with Gasteiger partial charge in [-0.05, 0) is 18.9 Å².